The summed E-state index contributed by atoms with van der Waals surface area (Å²) in [6.07, 6.45) is -0.284. The highest BCUT2D eigenvalue weighted by atomic mass is 16.5. The molecule has 1 aliphatic rings. The van der Waals surface area contributed by atoms with Gasteiger partial charge < -0.3 is 19.4 Å². The molecule has 1 aliphatic heterocycles. The monoisotopic (exact) mass is 630 g/mol. The van der Waals surface area contributed by atoms with E-state index in [4.69, 9.17) is 9.15 Å². The molecule has 8 aromatic carbocycles. The van der Waals surface area contributed by atoms with E-state index in [2.05, 4.69) is 174 Å². The molecule has 0 fully saturated rings. The molecule has 232 valence electrons. The van der Waals surface area contributed by atoms with Crippen LogP contribution in [0.5, 0.6) is 5.75 Å². The lowest BCUT2D eigenvalue weighted by molar-refractivity contribution is 0.262. The van der Waals surface area contributed by atoms with E-state index < -0.39 is 0 Å². The maximum atomic E-state index is 6.78. The van der Waals surface area contributed by atoms with E-state index in [1.165, 1.54) is 22.3 Å². The smallest absolute Gasteiger partial charge is 0.196 e. The Morgan fingerprint density at radius 3 is 1.61 bits per heavy atom. The Balaban J connectivity index is 1.16. The molecule has 10 rings (SSSR count). The first-order valence-electron chi connectivity index (χ1n) is 16.6. The van der Waals surface area contributed by atoms with Gasteiger partial charge in [0.05, 0.1) is 11.4 Å². The summed E-state index contributed by atoms with van der Waals surface area (Å²) in [6.45, 7) is 0. The fourth-order valence-corrected chi connectivity index (χ4v) is 7.34. The maximum Gasteiger partial charge on any atom is 0.196 e. The standard InChI is InChI=1S/C45H30N2O2/c1-4-11-29(12-5-1)31-19-23-34(24-20-31)47(35-25-21-32(22-26-35)30-13-6-2-7-14-30)36-27-38-42-40(28-36)48-39-18-10-17-37(41(39)42)43-44(38)49-45(46-43)33-15-8-3-9-16-33/h1-28,45-46H. The molecule has 49 heavy (non-hydrogen) atoms. The van der Waals surface area contributed by atoms with Gasteiger partial charge in [-0.25, -0.2) is 0 Å². The lowest BCUT2D eigenvalue weighted by Gasteiger charge is -2.26. The van der Waals surface area contributed by atoms with Crippen molar-refractivity contribution >= 4 is 55.5 Å². The normalized spacial score (nSPS) is 13.8. The molecule has 0 saturated heterocycles. The van der Waals surface area contributed by atoms with E-state index in [1.54, 1.807) is 0 Å². The van der Waals surface area contributed by atoms with Crippen molar-refractivity contribution in [3.8, 4) is 28.0 Å². The van der Waals surface area contributed by atoms with E-state index in [0.717, 1.165) is 66.8 Å². The van der Waals surface area contributed by atoms with Crippen LogP contribution in [-0.2, 0) is 0 Å². The molecule has 1 unspecified atom stereocenters. The van der Waals surface area contributed by atoms with Crippen molar-refractivity contribution < 1.29 is 9.15 Å². The minimum absolute atomic E-state index is 0.284. The largest absolute Gasteiger partial charge is 0.464 e. The van der Waals surface area contributed by atoms with Gasteiger partial charge in [-0.15, -0.1) is 0 Å². The van der Waals surface area contributed by atoms with Crippen LogP contribution in [0, 0.1) is 0 Å². The lowest BCUT2D eigenvalue weighted by Crippen LogP contribution is -2.10. The average molecular weight is 631 g/mol. The SMILES string of the molecule is c1ccc(-c2ccc(N(c3ccc(-c4ccccc4)cc3)c3cc4oc5cccc6c7c(c(c3)c4c56)OC(c3ccccc3)N7)cc2)cc1. The molecule has 0 radical (unpaired) electrons. The van der Waals surface area contributed by atoms with Gasteiger partial charge in [0.2, 0.25) is 0 Å². The summed E-state index contributed by atoms with van der Waals surface area (Å²) in [5.74, 6) is 0.848. The third-order valence-electron chi connectivity index (χ3n) is 9.66. The summed E-state index contributed by atoms with van der Waals surface area (Å²) < 4.78 is 13.4. The summed E-state index contributed by atoms with van der Waals surface area (Å²) in [4.78, 5) is 2.31. The van der Waals surface area contributed by atoms with Gasteiger partial charge in [0.15, 0.2) is 12.0 Å². The Kier molecular flexibility index (Phi) is 6.21. The third kappa shape index (κ3) is 4.53. The van der Waals surface area contributed by atoms with Crippen LogP contribution in [-0.4, -0.2) is 0 Å². The van der Waals surface area contributed by atoms with Gasteiger partial charge in [-0.05, 0) is 58.7 Å². The number of hydrogen-bond donors (Lipinski definition) is 1. The van der Waals surface area contributed by atoms with Crippen LogP contribution in [0.15, 0.2) is 174 Å². The van der Waals surface area contributed by atoms with Gasteiger partial charge >= 0.3 is 0 Å². The fourth-order valence-electron chi connectivity index (χ4n) is 7.34. The zero-order valence-corrected chi connectivity index (χ0v) is 26.5. The number of nitrogens with zero attached hydrogens (tertiary/aromatic N) is 1. The summed E-state index contributed by atoms with van der Waals surface area (Å²) in [6, 6.07) is 59.6. The summed E-state index contributed by atoms with van der Waals surface area (Å²) in [5, 5.41) is 8.04. The van der Waals surface area contributed by atoms with Gasteiger partial charge in [-0.2, -0.15) is 0 Å². The van der Waals surface area contributed by atoms with Crippen molar-refractivity contribution in [1.29, 1.82) is 0 Å². The van der Waals surface area contributed by atoms with Gasteiger partial charge in [0.1, 0.15) is 11.2 Å². The molecule has 0 aliphatic carbocycles. The summed E-state index contributed by atoms with van der Waals surface area (Å²) in [5.41, 5.74) is 11.6. The van der Waals surface area contributed by atoms with Gasteiger partial charge in [-0.3, -0.25) is 0 Å². The highest BCUT2D eigenvalue weighted by Crippen LogP contribution is 2.53. The minimum atomic E-state index is -0.284. The third-order valence-corrected chi connectivity index (χ3v) is 9.66. The topological polar surface area (TPSA) is 37.6 Å². The maximum absolute atomic E-state index is 6.78. The van der Waals surface area contributed by atoms with Crippen molar-refractivity contribution in [2.75, 3.05) is 10.2 Å². The molecule has 1 atom stereocenters. The fraction of sp³-hybridized carbons (Fsp3) is 0.0222. The molecular formula is C45H30N2O2. The van der Waals surface area contributed by atoms with Gasteiger partial charge in [0.25, 0.3) is 0 Å². The molecule has 0 saturated carbocycles. The Morgan fingerprint density at radius 2 is 1.00 bits per heavy atom. The van der Waals surface area contributed by atoms with Gasteiger partial charge in [0, 0.05) is 44.5 Å². The van der Waals surface area contributed by atoms with Crippen LogP contribution in [0.1, 0.15) is 11.8 Å². The zero-order valence-electron chi connectivity index (χ0n) is 26.5. The van der Waals surface area contributed by atoms with Crippen LogP contribution >= 0.6 is 0 Å². The Hall–Kier alpha value is -6.52. The number of anilines is 4. The first kappa shape index (κ1) is 27.6. The van der Waals surface area contributed by atoms with E-state index in [0.29, 0.717) is 0 Å². The molecule has 0 bridgehead atoms. The molecular weight excluding hydrogens is 601 g/mol. The molecule has 2 heterocycles. The molecule has 1 aromatic heterocycles. The van der Waals surface area contributed by atoms with E-state index >= 15 is 0 Å². The average Bonchev–Trinajstić information content (AvgIpc) is 3.80. The second-order valence-corrected chi connectivity index (χ2v) is 12.6. The van der Waals surface area contributed by atoms with Crippen molar-refractivity contribution in [2.45, 2.75) is 6.23 Å². The Bertz CT molecular complexity index is 2490. The Labute approximate surface area is 283 Å². The van der Waals surface area contributed by atoms with Crippen LogP contribution < -0.4 is 15.0 Å². The second-order valence-electron chi connectivity index (χ2n) is 12.6. The number of rotatable bonds is 6. The Morgan fingerprint density at radius 1 is 0.449 bits per heavy atom. The van der Waals surface area contributed by atoms with Crippen molar-refractivity contribution in [1.82, 2.24) is 0 Å². The quantitative estimate of drug-likeness (QED) is 0.186. The second kappa shape index (κ2) is 11.0. The summed E-state index contributed by atoms with van der Waals surface area (Å²) >= 11 is 0. The predicted octanol–water partition coefficient (Wildman–Crippen LogP) is 12.5. The molecule has 4 nitrogen and oxygen atoms in total. The zero-order chi connectivity index (χ0) is 32.3. The van der Waals surface area contributed by atoms with Crippen LogP contribution in [0.25, 0.3) is 55.0 Å². The van der Waals surface area contributed by atoms with Crippen molar-refractivity contribution in [3.63, 3.8) is 0 Å². The van der Waals surface area contributed by atoms with E-state index in [-0.39, 0.29) is 6.23 Å². The molecule has 9 aromatic rings. The van der Waals surface area contributed by atoms with Crippen LogP contribution in [0.2, 0.25) is 0 Å². The highest BCUT2D eigenvalue weighted by molar-refractivity contribution is 6.28. The van der Waals surface area contributed by atoms with E-state index in [1.807, 2.05) is 6.07 Å². The summed E-state index contributed by atoms with van der Waals surface area (Å²) in [7, 11) is 0. The molecule has 0 amide bonds. The van der Waals surface area contributed by atoms with Crippen LogP contribution in [0.4, 0.5) is 22.7 Å². The van der Waals surface area contributed by atoms with Crippen LogP contribution in [0.3, 0.4) is 0 Å². The first-order chi connectivity index (χ1) is 24.3. The lowest BCUT2D eigenvalue weighted by atomic mass is 9.98. The highest BCUT2D eigenvalue weighted by Gasteiger charge is 2.31. The minimum Gasteiger partial charge on any atom is -0.464 e. The van der Waals surface area contributed by atoms with Crippen molar-refractivity contribution in [3.05, 3.63) is 175 Å². The number of ether oxygens (including phenoxy) is 1. The van der Waals surface area contributed by atoms with Crippen molar-refractivity contribution in [2.24, 2.45) is 0 Å². The number of fused-ring (bicyclic) bond motifs is 3. The first-order valence-corrected chi connectivity index (χ1v) is 16.6. The number of hydrogen-bond acceptors (Lipinski definition) is 4. The van der Waals surface area contributed by atoms with Gasteiger partial charge in [-0.1, -0.05) is 127 Å². The number of furan rings is 1. The number of nitrogens with one attached hydrogen (secondary N) is 1. The molecule has 1 N–H and O–H groups in total. The molecule has 0 spiro atoms. The molecule has 4 heteroatoms. The number of benzene rings is 8. The van der Waals surface area contributed by atoms with E-state index in [9.17, 15) is 0 Å². The predicted molar refractivity (Wildman–Crippen MR) is 201 cm³/mol.